The Bertz CT molecular complexity index is 2020. The van der Waals surface area contributed by atoms with E-state index in [0.717, 1.165) is 26.7 Å². The number of ketones is 1. The Morgan fingerprint density at radius 3 is 2.30 bits per heavy atom. The molecule has 1 aliphatic heterocycles. The highest BCUT2D eigenvalue weighted by atomic mass is 32.1. The van der Waals surface area contributed by atoms with Gasteiger partial charge in [0.25, 0.3) is 0 Å². The number of hydrogen-bond acceptors (Lipinski definition) is 15. The summed E-state index contributed by atoms with van der Waals surface area (Å²) in [4.78, 5) is 69.7. The summed E-state index contributed by atoms with van der Waals surface area (Å²) in [6.45, 7) is 10.6. The van der Waals surface area contributed by atoms with Crippen molar-refractivity contribution < 1.29 is 67.4 Å². The highest BCUT2D eigenvalue weighted by molar-refractivity contribution is 7.80. The fraction of sp³-hybridized carbons (Fsp3) is 0.581. The number of carbonyl (C=O) groups is 5. The Labute approximate surface area is 353 Å². The molecule has 1 aromatic carbocycles. The molecule has 0 radical (unpaired) electrons. The summed E-state index contributed by atoms with van der Waals surface area (Å²) in [6.07, 6.45) is -7.21. The molecule has 6 rings (SSSR count). The minimum Gasteiger partial charge on any atom is -0.467 e. The topological polar surface area (TPSA) is 229 Å². The van der Waals surface area contributed by atoms with Gasteiger partial charge in [0, 0.05) is 38.6 Å². The predicted molar refractivity (Wildman–Crippen MR) is 215 cm³/mol. The first-order valence-electron chi connectivity index (χ1n) is 20.1. The number of hydrogen-bond donors (Lipinski definition) is 5. The van der Waals surface area contributed by atoms with Gasteiger partial charge in [0.15, 0.2) is 28.7 Å². The third-order valence-corrected chi connectivity index (χ3v) is 13.2. The fourth-order valence-corrected chi connectivity index (χ4v) is 9.94. The Kier molecular flexibility index (Phi) is 12.7. The Morgan fingerprint density at radius 2 is 1.72 bits per heavy atom. The molecule has 2 aromatic rings. The van der Waals surface area contributed by atoms with Crippen LogP contribution in [0, 0.1) is 16.7 Å². The standard InChI is InChI=1S/C43H54N2O14S/c1-8-9-17-44-39(60)45-31(26-16-13-18-54-26)32(49)38(52)57-27-20-43(53)36(58-37(51)25-14-11-10-12-15-25)34-41(7,28(48)19-29-42(34,21-55-29)59-24(4)47)35(50)33(56-23(3)46)30(22(27)2)40(43,5)6/h10-16,18,27-29,31-34,36,48-49,53H,8-9,17,19-21H2,1-7H3,(H2,44,45,60)/t27-,28-,29+,31+,32+,33+,34-,36-,41+,42-,43+/m0/s1. The second kappa shape index (κ2) is 17.0. The molecule has 1 aromatic heterocycles. The molecule has 0 unspecified atom stereocenters. The van der Waals surface area contributed by atoms with E-state index in [0.29, 0.717) is 6.54 Å². The van der Waals surface area contributed by atoms with Gasteiger partial charge in [0.2, 0.25) is 0 Å². The lowest BCUT2D eigenvalue weighted by Crippen LogP contribution is -2.82. The van der Waals surface area contributed by atoms with Crippen molar-refractivity contribution in [3.63, 3.8) is 0 Å². The molecule has 3 fully saturated rings. The molecular formula is C43H54N2O14S. The number of esters is 4. The highest BCUT2D eigenvalue weighted by Crippen LogP contribution is 2.64. The van der Waals surface area contributed by atoms with E-state index < -0.39 is 107 Å². The molecule has 0 amide bonds. The third kappa shape index (κ3) is 7.63. The number of aliphatic hydroxyl groups is 3. The molecule has 1 saturated heterocycles. The Hall–Kier alpha value is -4.68. The first-order chi connectivity index (χ1) is 28.2. The number of thiocarbonyl (C=S) groups is 1. The van der Waals surface area contributed by atoms with Crippen LogP contribution in [0.4, 0.5) is 0 Å². The van der Waals surface area contributed by atoms with Crippen molar-refractivity contribution in [1.82, 2.24) is 10.6 Å². The van der Waals surface area contributed by atoms with E-state index in [1.165, 1.54) is 31.4 Å². The summed E-state index contributed by atoms with van der Waals surface area (Å²) in [5.74, 6) is -5.97. The van der Waals surface area contributed by atoms with Crippen molar-refractivity contribution in [2.75, 3.05) is 13.2 Å². The van der Waals surface area contributed by atoms with Crippen molar-refractivity contribution >= 4 is 47.0 Å². The molecule has 4 aliphatic rings. The maximum Gasteiger partial charge on any atom is 0.338 e. The second-order valence-electron chi connectivity index (χ2n) is 16.9. The zero-order chi connectivity index (χ0) is 43.9. The summed E-state index contributed by atoms with van der Waals surface area (Å²) >= 11 is 5.45. The van der Waals surface area contributed by atoms with Gasteiger partial charge in [-0.2, -0.15) is 0 Å². The predicted octanol–water partition coefficient (Wildman–Crippen LogP) is 3.16. The van der Waals surface area contributed by atoms with Crippen molar-refractivity contribution in [2.24, 2.45) is 16.7 Å². The van der Waals surface area contributed by atoms with Gasteiger partial charge >= 0.3 is 23.9 Å². The summed E-state index contributed by atoms with van der Waals surface area (Å²) < 4.78 is 35.8. The number of benzene rings is 1. The zero-order valence-corrected chi connectivity index (χ0v) is 35.5. The minimum absolute atomic E-state index is 0.0203. The third-order valence-electron chi connectivity index (χ3n) is 13.0. The molecule has 16 nitrogen and oxygen atoms in total. The molecule has 326 valence electrons. The van der Waals surface area contributed by atoms with Crippen LogP contribution in [-0.4, -0.2) is 111 Å². The average molecular weight is 855 g/mol. The van der Waals surface area contributed by atoms with Gasteiger partial charge in [-0.3, -0.25) is 14.4 Å². The van der Waals surface area contributed by atoms with Gasteiger partial charge < -0.3 is 54.1 Å². The summed E-state index contributed by atoms with van der Waals surface area (Å²) in [6, 6.07) is 9.74. The Morgan fingerprint density at radius 1 is 1.02 bits per heavy atom. The summed E-state index contributed by atoms with van der Waals surface area (Å²) in [5.41, 5.74) is -7.48. The number of aliphatic hydroxyl groups excluding tert-OH is 2. The number of rotatable bonds is 12. The van der Waals surface area contributed by atoms with Crippen LogP contribution < -0.4 is 10.6 Å². The second-order valence-corrected chi connectivity index (χ2v) is 17.3. The first kappa shape index (κ1) is 44.9. The van der Waals surface area contributed by atoms with E-state index >= 15 is 4.79 Å². The maximum absolute atomic E-state index is 15.4. The fourth-order valence-electron chi connectivity index (χ4n) is 9.71. The van der Waals surface area contributed by atoms with E-state index in [2.05, 4.69) is 10.6 Å². The summed E-state index contributed by atoms with van der Waals surface area (Å²) in [7, 11) is 0. The van der Waals surface area contributed by atoms with Crippen molar-refractivity contribution in [3.05, 3.63) is 71.2 Å². The van der Waals surface area contributed by atoms with Crippen LogP contribution in [0.5, 0.6) is 0 Å². The number of ether oxygens (including phenoxy) is 5. The average Bonchev–Trinajstić information content (AvgIpc) is 3.73. The molecule has 2 heterocycles. The van der Waals surface area contributed by atoms with Gasteiger partial charge in [0.1, 0.15) is 35.7 Å². The van der Waals surface area contributed by atoms with Crippen LogP contribution in [-0.2, 0) is 42.9 Å². The van der Waals surface area contributed by atoms with Gasteiger partial charge in [-0.15, -0.1) is 0 Å². The molecule has 2 saturated carbocycles. The monoisotopic (exact) mass is 854 g/mol. The molecule has 11 atom stereocenters. The number of nitrogens with one attached hydrogen (secondary N) is 2. The normalized spacial score (nSPS) is 32.6. The van der Waals surface area contributed by atoms with Crippen molar-refractivity contribution in [3.8, 4) is 0 Å². The van der Waals surface area contributed by atoms with E-state index in [1.807, 2.05) is 6.92 Å². The van der Waals surface area contributed by atoms with Crippen LogP contribution in [0.1, 0.15) is 96.3 Å². The van der Waals surface area contributed by atoms with Gasteiger partial charge in [-0.25, -0.2) is 9.59 Å². The quantitative estimate of drug-likeness (QED) is 0.0679. The molecule has 5 N–H and O–H groups in total. The van der Waals surface area contributed by atoms with Crippen molar-refractivity contribution in [1.29, 1.82) is 0 Å². The molecular weight excluding hydrogens is 801 g/mol. The van der Waals surface area contributed by atoms with E-state index in [4.69, 9.17) is 40.3 Å². The zero-order valence-electron chi connectivity index (χ0n) is 34.7. The largest absolute Gasteiger partial charge is 0.467 e. The molecule has 17 heteroatoms. The minimum atomic E-state index is -2.36. The lowest BCUT2D eigenvalue weighted by atomic mass is 9.44. The van der Waals surface area contributed by atoms with Crippen LogP contribution in [0.2, 0.25) is 0 Å². The van der Waals surface area contributed by atoms with Gasteiger partial charge in [-0.05, 0) is 67.9 Å². The smallest absolute Gasteiger partial charge is 0.338 e. The lowest BCUT2D eigenvalue weighted by molar-refractivity contribution is -0.346. The van der Waals surface area contributed by atoms with E-state index in [9.17, 15) is 34.5 Å². The number of furan rings is 1. The molecule has 2 bridgehead atoms. The van der Waals surface area contributed by atoms with Gasteiger partial charge in [-0.1, -0.05) is 45.4 Å². The number of Topliss-reactive ketones (excluding diaryl/α,β-unsaturated/α-hetero) is 1. The van der Waals surface area contributed by atoms with Crippen LogP contribution in [0.25, 0.3) is 0 Å². The van der Waals surface area contributed by atoms with E-state index in [1.54, 1.807) is 45.0 Å². The van der Waals surface area contributed by atoms with Gasteiger partial charge in [0.05, 0.1) is 35.9 Å². The Balaban J connectivity index is 1.52. The number of unbranched alkanes of at least 4 members (excludes halogenated alkanes) is 1. The molecule has 0 spiro atoms. The van der Waals surface area contributed by atoms with Crippen LogP contribution in [0.15, 0.2) is 64.3 Å². The van der Waals surface area contributed by atoms with Crippen LogP contribution in [0.3, 0.4) is 0 Å². The lowest BCUT2D eigenvalue weighted by Gasteiger charge is -2.67. The number of fused-ring (bicyclic) bond motifs is 5. The maximum atomic E-state index is 15.4. The molecule has 3 aliphatic carbocycles. The highest BCUT2D eigenvalue weighted by Gasteiger charge is 2.78. The van der Waals surface area contributed by atoms with E-state index in [-0.39, 0.29) is 40.6 Å². The van der Waals surface area contributed by atoms with Crippen LogP contribution >= 0.6 is 12.2 Å². The molecule has 60 heavy (non-hydrogen) atoms. The SMILES string of the molecule is CCCCNC(=S)N[C@H](c1ccco1)[C@@H](O)C(=O)O[C@H]1C[C@@]2(O)[C@@H](OC(=O)c3ccccc3)[C@@H]3[C@]4(OC(C)=O)CO[C@@H]4C[C@H](O)[C@@]3(C)C(=O)[C@H](OC(C)=O)C(=C1C)C2(C)C. The number of carbonyl (C=O) groups excluding carboxylic acids is 5. The first-order valence-corrected chi connectivity index (χ1v) is 20.5. The van der Waals surface area contributed by atoms with Crippen molar-refractivity contribution in [2.45, 2.75) is 128 Å². The summed E-state index contributed by atoms with van der Waals surface area (Å²) in [5, 5.41) is 43.4.